The van der Waals surface area contributed by atoms with Crippen LogP contribution in [0.25, 0.3) is 0 Å². The van der Waals surface area contributed by atoms with Crippen LogP contribution in [-0.2, 0) is 10.0 Å². The fourth-order valence-corrected chi connectivity index (χ4v) is 3.45. The second kappa shape index (κ2) is 5.75. The third-order valence-electron chi connectivity index (χ3n) is 2.94. The van der Waals surface area contributed by atoms with Crippen LogP contribution in [-0.4, -0.2) is 26.5 Å². The molecule has 110 valence electrons. The minimum absolute atomic E-state index is 0.0252. The molecule has 2 aromatic carbocycles. The summed E-state index contributed by atoms with van der Waals surface area (Å²) < 4.78 is 26.2. The molecule has 0 atom stereocenters. The van der Waals surface area contributed by atoms with Gasteiger partial charge in [0.2, 0.25) is 0 Å². The van der Waals surface area contributed by atoms with E-state index in [0.29, 0.717) is 5.69 Å². The minimum atomic E-state index is -3.94. The Hall–Kier alpha value is -2.05. The summed E-state index contributed by atoms with van der Waals surface area (Å²) in [6, 6.07) is 12.0. The molecule has 0 radical (unpaired) electrons. The van der Waals surface area contributed by atoms with Crippen molar-refractivity contribution < 1.29 is 18.3 Å². The number of anilines is 1. The van der Waals surface area contributed by atoms with Gasteiger partial charge < -0.3 is 5.11 Å². The average Bonchev–Trinajstić information content (AvgIpc) is 2.47. The first kappa shape index (κ1) is 15.3. The number of para-hydroxylation sites is 1. The highest BCUT2D eigenvalue weighted by molar-refractivity contribution is 7.93. The third kappa shape index (κ3) is 3.01. The molecule has 0 amide bonds. The lowest BCUT2D eigenvalue weighted by atomic mass is 10.2. The molecule has 0 aliphatic heterocycles. The molecule has 0 bridgehead atoms. The van der Waals surface area contributed by atoms with Crippen molar-refractivity contribution >= 4 is 33.3 Å². The van der Waals surface area contributed by atoms with Crippen molar-refractivity contribution in [1.29, 1.82) is 0 Å². The van der Waals surface area contributed by atoms with E-state index in [9.17, 15) is 13.2 Å². The normalized spacial score (nSPS) is 11.1. The average molecular weight is 326 g/mol. The highest BCUT2D eigenvalue weighted by Gasteiger charge is 2.25. The van der Waals surface area contributed by atoms with Gasteiger partial charge in [-0.25, -0.2) is 13.2 Å². The molecule has 2 rings (SSSR count). The smallest absolute Gasteiger partial charge is 0.335 e. The first-order valence-electron chi connectivity index (χ1n) is 5.91. The Labute approximate surface area is 127 Å². The summed E-state index contributed by atoms with van der Waals surface area (Å²) in [5.74, 6) is -1.22. The predicted molar refractivity (Wildman–Crippen MR) is 80.4 cm³/mol. The van der Waals surface area contributed by atoms with Crippen molar-refractivity contribution in [2.24, 2.45) is 0 Å². The van der Waals surface area contributed by atoms with Crippen molar-refractivity contribution in [3.63, 3.8) is 0 Å². The van der Waals surface area contributed by atoms with E-state index in [1.54, 1.807) is 30.3 Å². The molecular weight excluding hydrogens is 314 g/mol. The first-order valence-corrected chi connectivity index (χ1v) is 7.72. The Bertz CT molecular complexity index is 775. The summed E-state index contributed by atoms with van der Waals surface area (Å²) >= 11 is 5.92. The quantitative estimate of drug-likeness (QED) is 0.938. The summed E-state index contributed by atoms with van der Waals surface area (Å²) in [5, 5.41) is 8.94. The number of halogens is 1. The highest BCUT2D eigenvalue weighted by Crippen LogP contribution is 2.28. The number of aromatic carboxylic acids is 1. The van der Waals surface area contributed by atoms with Gasteiger partial charge in [0.1, 0.15) is 4.90 Å². The molecule has 0 aromatic heterocycles. The van der Waals surface area contributed by atoms with Crippen LogP contribution in [0.15, 0.2) is 53.4 Å². The van der Waals surface area contributed by atoms with Gasteiger partial charge in [0.05, 0.1) is 16.3 Å². The molecule has 5 nitrogen and oxygen atoms in total. The number of hydrogen-bond acceptors (Lipinski definition) is 3. The molecular formula is C14H12ClNO4S. The topological polar surface area (TPSA) is 74.7 Å². The Balaban J connectivity index is 2.54. The van der Waals surface area contributed by atoms with E-state index in [-0.39, 0.29) is 15.5 Å². The summed E-state index contributed by atoms with van der Waals surface area (Å²) in [5.41, 5.74) is 0.314. The molecule has 7 heteroatoms. The van der Waals surface area contributed by atoms with E-state index < -0.39 is 16.0 Å². The standard InChI is InChI=1S/C14H12ClNO4S/c1-16(11-5-3-2-4-6-11)21(19,20)13-9-10(14(17)18)7-8-12(13)15/h2-9H,1H3,(H,17,18). The number of nitrogens with zero attached hydrogens (tertiary/aromatic N) is 1. The summed E-state index contributed by atoms with van der Waals surface area (Å²) in [6.07, 6.45) is 0. The fourth-order valence-electron chi connectivity index (χ4n) is 1.76. The van der Waals surface area contributed by atoms with Gasteiger partial charge in [-0.3, -0.25) is 4.31 Å². The van der Waals surface area contributed by atoms with Crippen molar-refractivity contribution in [2.75, 3.05) is 11.4 Å². The number of benzene rings is 2. The fraction of sp³-hybridized carbons (Fsp3) is 0.0714. The van der Waals surface area contributed by atoms with Gasteiger partial charge >= 0.3 is 5.97 Å². The Morgan fingerprint density at radius 1 is 1.14 bits per heavy atom. The van der Waals surface area contributed by atoms with Gasteiger partial charge in [0.25, 0.3) is 10.0 Å². The SMILES string of the molecule is CN(c1ccccc1)S(=O)(=O)c1cc(C(=O)O)ccc1Cl. The van der Waals surface area contributed by atoms with Gasteiger partial charge in [-0.05, 0) is 30.3 Å². The van der Waals surface area contributed by atoms with E-state index in [0.717, 1.165) is 10.4 Å². The van der Waals surface area contributed by atoms with Crippen LogP contribution in [0.1, 0.15) is 10.4 Å². The third-order valence-corrected chi connectivity index (χ3v) is 5.20. The lowest BCUT2D eigenvalue weighted by Crippen LogP contribution is -2.27. The molecule has 2 aromatic rings. The molecule has 21 heavy (non-hydrogen) atoms. The van der Waals surface area contributed by atoms with Crippen molar-refractivity contribution in [3.8, 4) is 0 Å². The van der Waals surface area contributed by atoms with Crippen molar-refractivity contribution in [2.45, 2.75) is 4.90 Å². The number of sulfonamides is 1. The molecule has 0 saturated heterocycles. The lowest BCUT2D eigenvalue weighted by Gasteiger charge is -2.20. The van der Waals surface area contributed by atoms with Gasteiger partial charge in [-0.1, -0.05) is 29.8 Å². The molecule has 0 fully saturated rings. The summed E-state index contributed by atoms with van der Waals surface area (Å²) in [7, 11) is -2.56. The van der Waals surface area contributed by atoms with E-state index in [2.05, 4.69) is 0 Å². The zero-order valence-electron chi connectivity index (χ0n) is 11.0. The zero-order chi connectivity index (χ0) is 15.6. The van der Waals surface area contributed by atoms with Gasteiger partial charge in [-0.2, -0.15) is 0 Å². The molecule has 1 N–H and O–H groups in total. The monoisotopic (exact) mass is 325 g/mol. The van der Waals surface area contributed by atoms with Gasteiger partial charge in [0, 0.05) is 7.05 Å². The van der Waals surface area contributed by atoms with E-state index >= 15 is 0 Å². The summed E-state index contributed by atoms with van der Waals surface area (Å²) in [6.45, 7) is 0. The number of rotatable bonds is 4. The van der Waals surface area contributed by atoms with Crippen LogP contribution >= 0.6 is 11.6 Å². The number of carbonyl (C=O) groups is 1. The van der Waals surface area contributed by atoms with Crippen molar-refractivity contribution in [1.82, 2.24) is 0 Å². The molecule has 0 heterocycles. The Morgan fingerprint density at radius 2 is 1.76 bits per heavy atom. The minimum Gasteiger partial charge on any atom is -0.478 e. The van der Waals surface area contributed by atoms with E-state index in [4.69, 9.17) is 16.7 Å². The van der Waals surface area contributed by atoms with Gasteiger partial charge in [-0.15, -0.1) is 0 Å². The maximum absolute atomic E-state index is 12.6. The molecule has 0 spiro atoms. The van der Waals surface area contributed by atoms with Crippen LogP contribution in [0.4, 0.5) is 5.69 Å². The lowest BCUT2D eigenvalue weighted by molar-refractivity contribution is 0.0696. The number of carboxylic acid groups (broad SMARTS) is 1. The number of carboxylic acids is 1. The van der Waals surface area contributed by atoms with Crippen LogP contribution in [0, 0.1) is 0 Å². The van der Waals surface area contributed by atoms with Crippen LogP contribution in [0.2, 0.25) is 5.02 Å². The molecule has 0 aliphatic carbocycles. The van der Waals surface area contributed by atoms with E-state index in [1.807, 2.05) is 0 Å². The Kier molecular flexibility index (Phi) is 4.20. The molecule has 0 aliphatic rings. The second-order valence-corrected chi connectivity index (χ2v) is 6.60. The first-order chi connectivity index (χ1) is 9.84. The maximum Gasteiger partial charge on any atom is 0.335 e. The highest BCUT2D eigenvalue weighted by atomic mass is 35.5. The van der Waals surface area contributed by atoms with Crippen LogP contribution in [0.5, 0.6) is 0 Å². The maximum atomic E-state index is 12.6. The van der Waals surface area contributed by atoms with Gasteiger partial charge in [0.15, 0.2) is 0 Å². The molecule has 0 saturated carbocycles. The second-order valence-electron chi connectivity index (χ2n) is 4.26. The zero-order valence-corrected chi connectivity index (χ0v) is 12.6. The van der Waals surface area contributed by atoms with Crippen LogP contribution in [0.3, 0.4) is 0 Å². The number of hydrogen-bond donors (Lipinski definition) is 1. The Morgan fingerprint density at radius 3 is 2.33 bits per heavy atom. The van der Waals surface area contributed by atoms with E-state index in [1.165, 1.54) is 19.2 Å². The predicted octanol–water partition coefficient (Wildman–Crippen LogP) is 2.86. The van der Waals surface area contributed by atoms with Crippen LogP contribution < -0.4 is 4.31 Å². The largest absolute Gasteiger partial charge is 0.478 e. The summed E-state index contributed by atoms with van der Waals surface area (Å²) in [4.78, 5) is 10.7. The molecule has 0 unspecified atom stereocenters. The van der Waals surface area contributed by atoms with Crippen molar-refractivity contribution in [3.05, 3.63) is 59.1 Å².